The summed E-state index contributed by atoms with van der Waals surface area (Å²) in [5.41, 5.74) is 5.08. The van der Waals surface area contributed by atoms with Crippen LogP contribution in [-0.2, 0) is 7.05 Å². The molecule has 6 heteroatoms. The van der Waals surface area contributed by atoms with Crippen molar-refractivity contribution in [3.8, 4) is 0 Å². The standard InChI is InChI=1S/C13H17ClN4S/c1-9-7-16-18(2)13(9)11(17-15)8-19-12-6-4-3-5-10(12)14/h3-7,11,17H,8,15H2,1-2H3. The van der Waals surface area contributed by atoms with E-state index in [0.29, 0.717) is 0 Å². The van der Waals surface area contributed by atoms with Crippen LogP contribution < -0.4 is 11.3 Å². The van der Waals surface area contributed by atoms with Gasteiger partial charge in [0.25, 0.3) is 0 Å². The first kappa shape index (κ1) is 14.4. The third kappa shape index (κ3) is 3.30. The maximum atomic E-state index is 6.15. The monoisotopic (exact) mass is 296 g/mol. The van der Waals surface area contributed by atoms with E-state index in [1.54, 1.807) is 11.8 Å². The molecule has 4 nitrogen and oxygen atoms in total. The summed E-state index contributed by atoms with van der Waals surface area (Å²) in [6.07, 6.45) is 1.85. The molecule has 102 valence electrons. The number of hydrazine groups is 1. The van der Waals surface area contributed by atoms with Crippen LogP contribution >= 0.6 is 23.4 Å². The number of thioether (sulfide) groups is 1. The van der Waals surface area contributed by atoms with E-state index in [2.05, 4.69) is 10.5 Å². The van der Waals surface area contributed by atoms with Gasteiger partial charge in [-0.05, 0) is 24.6 Å². The Morgan fingerprint density at radius 1 is 1.47 bits per heavy atom. The number of rotatable bonds is 5. The third-order valence-corrected chi connectivity index (χ3v) is 4.56. The van der Waals surface area contributed by atoms with Crippen LogP contribution in [0, 0.1) is 6.92 Å². The average Bonchev–Trinajstić information content (AvgIpc) is 2.73. The summed E-state index contributed by atoms with van der Waals surface area (Å²) >= 11 is 7.83. The second-order valence-electron chi connectivity index (χ2n) is 4.30. The zero-order chi connectivity index (χ0) is 13.8. The molecule has 0 bridgehead atoms. The Kier molecular flexibility index (Phi) is 4.87. The van der Waals surface area contributed by atoms with Crippen molar-refractivity contribution in [3.63, 3.8) is 0 Å². The Bertz CT molecular complexity index is 536. The lowest BCUT2D eigenvalue weighted by Crippen LogP contribution is -2.31. The van der Waals surface area contributed by atoms with Gasteiger partial charge < -0.3 is 0 Å². The van der Waals surface area contributed by atoms with Gasteiger partial charge in [-0.15, -0.1) is 11.8 Å². The van der Waals surface area contributed by atoms with Gasteiger partial charge >= 0.3 is 0 Å². The molecule has 0 aliphatic carbocycles. The molecule has 1 heterocycles. The fourth-order valence-electron chi connectivity index (χ4n) is 2.00. The fraction of sp³-hybridized carbons (Fsp3) is 0.308. The molecule has 19 heavy (non-hydrogen) atoms. The minimum atomic E-state index is 0.0359. The van der Waals surface area contributed by atoms with E-state index in [0.717, 1.165) is 26.9 Å². The molecule has 0 aliphatic heterocycles. The Morgan fingerprint density at radius 2 is 2.21 bits per heavy atom. The zero-order valence-electron chi connectivity index (χ0n) is 10.9. The predicted octanol–water partition coefficient (Wildman–Crippen LogP) is 2.68. The Labute approximate surface area is 122 Å². The first-order chi connectivity index (χ1) is 9.13. The number of hydrogen-bond acceptors (Lipinski definition) is 4. The van der Waals surface area contributed by atoms with Gasteiger partial charge in [0.1, 0.15) is 0 Å². The quantitative estimate of drug-likeness (QED) is 0.506. The molecule has 1 atom stereocenters. The predicted molar refractivity (Wildman–Crippen MR) is 80.2 cm³/mol. The third-order valence-electron chi connectivity index (χ3n) is 2.95. The number of hydrogen-bond donors (Lipinski definition) is 2. The lowest BCUT2D eigenvalue weighted by Gasteiger charge is -2.17. The molecule has 0 radical (unpaired) electrons. The second kappa shape index (κ2) is 6.43. The summed E-state index contributed by atoms with van der Waals surface area (Å²) in [7, 11) is 1.92. The molecule has 1 aromatic carbocycles. The number of aryl methyl sites for hydroxylation is 2. The van der Waals surface area contributed by atoms with E-state index in [1.807, 2.05) is 49.1 Å². The molecule has 3 N–H and O–H groups in total. The van der Waals surface area contributed by atoms with Crippen LogP contribution in [0.2, 0.25) is 5.02 Å². The normalized spacial score (nSPS) is 12.6. The Morgan fingerprint density at radius 3 is 2.79 bits per heavy atom. The van der Waals surface area contributed by atoms with Crippen LogP contribution in [0.15, 0.2) is 35.4 Å². The van der Waals surface area contributed by atoms with E-state index in [1.165, 1.54) is 0 Å². The van der Waals surface area contributed by atoms with E-state index in [9.17, 15) is 0 Å². The topological polar surface area (TPSA) is 55.9 Å². The highest BCUT2D eigenvalue weighted by Gasteiger charge is 2.17. The summed E-state index contributed by atoms with van der Waals surface area (Å²) in [6, 6.07) is 7.85. The van der Waals surface area contributed by atoms with Gasteiger partial charge in [0, 0.05) is 17.7 Å². The maximum Gasteiger partial charge on any atom is 0.0725 e. The van der Waals surface area contributed by atoms with Crippen molar-refractivity contribution in [1.82, 2.24) is 15.2 Å². The van der Waals surface area contributed by atoms with Crippen molar-refractivity contribution >= 4 is 23.4 Å². The van der Waals surface area contributed by atoms with Crippen molar-refractivity contribution in [2.45, 2.75) is 17.9 Å². The largest absolute Gasteiger partial charge is 0.271 e. The highest BCUT2D eigenvalue weighted by molar-refractivity contribution is 7.99. The van der Waals surface area contributed by atoms with Crippen LogP contribution in [0.4, 0.5) is 0 Å². The van der Waals surface area contributed by atoms with E-state index in [4.69, 9.17) is 17.4 Å². The summed E-state index contributed by atoms with van der Waals surface area (Å²) in [5.74, 6) is 6.46. The smallest absolute Gasteiger partial charge is 0.0725 e. The molecule has 2 rings (SSSR count). The summed E-state index contributed by atoms with van der Waals surface area (Å²) in [4.78, 5) is 1.06. The van der Waals surface area contributed by atoms with Crippen molar-refractivity contribution in [3.05, 3.63) is 46.7 Å². The first-order valence-electron chi connectivity index (χ1n) is 5.95. The number of nitrogens with zero attached hydrogens (tertiary/aromatic N) is 2. The summed E-state index contributed by atoms with van der Waals surface area (Å²) in [5, 5.41) is 5.01. The van der Waals surface area contributed by atoms with E-state index < -0.39 is 0 Å². The number of halogens is 1. The number of nitrogens with two attached hydrogens (primary N) is 1. The lowest BCUT2D eigenvalue weighted by molar-refractivity contribution is 0.552. The number of benzene rings is 1. The van der Waals surface area contributed by atoms with Gasteiger partial charge in [-0.1, -0.05) is 23.7 Å². The first-order valence-corrected chi connectivity index (χ1v) is 7.31. The van der Waals surface area contributed by atoms with Gasteiger partial charge in [-0.2, -0.15) is 5.10 Å². The zero-order valence-corrected chi connectivity index (χ0v) is 12.5. The minimum Gasteiger partial charge on any atom is -0.271 e. The van der Waals surface area contributed by atoms with Crippen LogP contribution in [0.5, 0.6) is 0 Å². The molecule has 0 spiro atoms. The van der Waals surface area contributed by atoms with E-state index in [-0.39, 0.29) is 6.04 Å². The van der Waals surface area contributed by atoms with Gasteiger partial charge in [0.2, 0.25) is 0 Å². The Hall–Kier alpha value is -1.01. The van der Waals surface area contributed by atoms with Crippen LogP contribution in [0.25, 0.3) is 0 Å². The lowest BCUT2D eigenvalue weighted by atomic mass is 10.2. The van der Waals surface area contributed by atoms with Gasteiger partial charge in [0.05, 0.1) is 23.0 Å². The van der Waals surface area contributed by atoms with Gasteiger partial charge in [0.15, 0.2) is 0 Å². The minimum absolute atomic E-state index is 0.0359. The van der Waals surface area contributed by atoms with Crippen molar-refractivity contribution < 1.29 is 0 Å². The number of aromatic nitrogens is 2. The molecular weight excluding hydrogens is 280 g/mol. The molecule has 0 amide bonds. The van der Waals surface area contributed by atoms with Crippen molar-refractivity contribution in [1.29, 1.82) is 0 Å². The molecule has 0 saturated heterocycles. The van der Waals surface area contributed by atoms with Crippen LogP contribution in [0.3, 0.4) is 0 Å². The maximum absolute atomic E-state index is 6.15. The molecule has 0 fully saturated rings. The summed E-state index contributed by atoms with van der Waals surface area (Å²) in [6.45, 7) is 2.03. The Balaban J connectivity index is 2.11. The van der Waals surface area contributed by atoms with Crippen LogP contribution in [0.1, 0.15) is 17.3 Å². The molecule has 0 aliphatic rings. The molecular formula is C13H17ClN4S. The SMILES string of the molecule is Cc1cnn(C)c1C(CSc1ccccc1Cl)NN. The molecule has 1 aromatic heterocycles. The van der Waals surface area contributed by atoms with Crippen molar-refractivity contribution in [2.24, 2.45) is 12.9 Å². The van der Waals surface area contributed by atoms with Crippen LogP contribution in [-0.4, -0.2) is 15.5 Å². The fourth-order valence-corrected chi connectivity index (χ4v) is 3.28. The van der Waals surface area contributed by atoms with Gasteiger partial charge in [-0.25, -0.2) is 0 Å². The molecule has 2 aromatic rings. The highest BCUT2D eigenvalue weighted by Crippen LogP contribution is 2.30. The highest BCUT2D eigenvalue weighted by atomic mass is 35.5. The average molecular weight is 297 g/mol. The number of nitrogens with one attached hydrogen (secondary N) is 1. The molecule has 1 unspecified atom stereocenters. The van der Waals surface area contributed by atoms with Gasteiger partial charge in [-0.3, -0.25) is 16.0 Å². The molecule has 0 saturated carbocycles. The van der Waals surface area contributed by atoms with Crippen molar-refractivity contribution in [2.75, 3.05) is 5.75 Å². The van der Waals surface area contributed by atoms with E-state index >= 15 is 0 Å². The summed E-state index contributed by atoms with van der Waals surface area (Å²) < 4.78 is 1.85. The second-order valence-corrected chi connectivity index (χ2v) is 5.77.